The molecule has 0 saturated heterocycles. The molecule has 1 aliphatic rings. The van der Waals surface area contributed by atoms with Crippen LogP contribution in [-0.4, -0.2) is 44.3 Å². The fourth-order valence-corrected chi connectivity index (χ4v) is 4.49. The Morgan fingerprint density at radius 2 is 2.27 bits per heavy atom. The SMILES string of the molecule is C#CC[C@H]1CC[C@H](n2c(CN/C(CCOC)=N\O)nc3cnc4[nH]ccc4c32)CC1. The van der Waals surface area contributed by atoms with Crippen LogP contribution < -0.4 is 5.32 Å². The number of nitrogens with zero attached hydrogens (tertiary/aromatic N) is 4. The molecule has 8 heteroatoms. The van der Waals surface area contributed by atoms with Crippen molar-refractivity contribution in [1.29, 1.82) is 0 Å². The maximum absolute atomic E-state index is 9.29. The Morgan fingerprint density at radius 3 is 3.00 bits per heavy atom. The molecule has 1 fully saturated rings. The Kier molecular flexibility index (Phi) is 6.19. The number of oxime groups is 1. The molecular formula is C22H28N6O2. The third-order valence-electron chi connectivity index (χ3n) is 6.01. The molecule has 0 spiro atoms. The van der Waals surface area contributed by atoms with E-state index in [1.807, 2.05) is 12.4 Å². The second-order valence-corrected chi connectivity index (χ2v) is 7.86. The van der Waals surface area contributed by atoms with E-state index in [4.69, 9.17) is 16.1 Å². The zero-order valence-electron chi connectivity index (χ0n) is 17.3. The number of ether oxygens (including phenoxy) is 1. The summed E-state index contributed by atoms with van der Waals surface area (Å²) < 4.78 is 7.44. The van der Waals surface area contributed by atoms with Gasteiger partial charge in [-0.25, -0.2) is 9.97 Å². The molecule has 3 aromatic heterocycles. The average molecular weight is 409 g/mol. The van der Waals surface area contributed by atoms with Crippen LogP contribution in [-0.2, 0) is 11.3 Å². The number of pyridine rings is 1. The highest BCUT2D eigenvalue weighted by molar-refractivity contribution is 6.01. The third kappa shape index (κ3) is 3.98. The number of rotatable bonds is 7. The maximum atomic E-state index is 9.29. The lowest BCUT2D eigenvalue weighted by atomic mass is 9.84. The number of imidazole rings is 1. The number of amidine groups is 1. The van der Waals surface area contributed by atoms with Crippen molar-refractivity contribution in [2.24, 2.45) is 11.1 Å². The zero-order valence-corrected chi connectivity index (χ0v) is 17.3. The molecule has 3 aromatic rings. The normalized spacial score (nSPS) is 19.9. The van der Waals surface area contributed by atoms with Gasteiger partial charge in [0.1, 0.15) is 22.8 Å². The van der Waals surface area contributed by atoms with Gasteiger partial charge in [-0.2, -0.15) is 0 Å². The quantitative estimate of drug-likeness (QED) is 0.182. The number of aromatic amines is 1. The van der Waals surface area contributed by atoms with Crippen molar-refractivity contribution in [1.82, 2.24) is 24.8 Å². The van der Waals surface area contributed by atoms with Gasteiger partial charge in [-0.05, 0) is 37.7 Å². The number of methoxy groups -OCH3 is 1. The van der Waals surface area contributed by atoms with Crippen molar-refractivity contribution < 1.29 is 9.94 Å². The maximum Gasteiger partial charge on any atom is 0.144 e. The van der Waals surface area contributed by atoms with Crippen molar-refractivity contribution in [2.45, 2.75) is 51.1 Å². The summed E-state index contributed by atoms with van der Waals surface area (Å²) in [5.74, 6) is 4.83. The van der Waals surface area contributed by atoms with Gasteiger partial charge >= 0.3 is 0 Å². The number of aromatic nitrogens is 4. The number of hydrogen-bond donors (Lipinski definition) is 3. The predicted octanol–water partition coefficient (Wildman–Crippen LogP) is 3.58. The standard InChI is InChI=1S/C22H28N6O2/c1-3-4-15-5-7-16(8-6-15)28-20(14-24-19(27-29)10-12-30-2)26-18-13-25-22-17(21(18)28)9-11-23-22/h1,9,11,13,15-16,29H,4-8,10,12,14H2,2H3,(H,23,25)(H,24,27)/t15-,16-. The topological polar surface area (TPSA) is 100 Å². The van der Waals surface area contributed by atoms with Gasteiger partial charge in [0.25, 0.3) is 0 Å². The van der Waals surface area contributed by atoms with Crippen LogP contribution in [0.25, 0.3) is 22.1 Å². The lowest BCUT2D eigenvalue weighted by molar-refractivity contribution is 0.205. The van der Waals surface area contributed by atoms with Gasteiger partial charge < -0.3 is 24.8 Å². The molecule has 0 radical (unpaired) electrons. The molecule has 0 aromatic carbocycles. The summed E-state index contributed by atoms with van der Waals surface area (Å²) >= 11 is 0. The van der Waals surface area contributed by atoms with Gasteiger partial charge in [-0.1, -0.05) is 5.16 Å². The lowest BCUT2D eigenvalue weighted by Gasteiger charge is -2.30. The molecule has 1 aliphatic carbocycles. The van der Waals surface area contributed by atoms with Crippen LogP contribution >= 0.6 is 0 Å². The minimum Gasteiger partial charge on any atom is -0.409 e. The highest BCUT2D eigenvalue weighted by atomic mass is 16.5. The van der Waals surface area contributed by atoms with E-state index in [1.54, 1.807) is 7.11 Å². The van der Waals surface area contributed by atoms with Gasteiger partial charge in [-0.15, -0.1) is 12.3 Å². The van der Waals surface area contributed by atoms with Gasteiger partial charge in [0, 0.05) is 37.6 Å². The van der Waals surface area contributed by atoms with Crippen LogP contribution in [0.15, 0.2) is 23.6 Å². The van der Waals surface area contributed by atoms with Crippen LogP contribution in [0.2, 0.25) is 0 Å². The Morgan fingerprint density at radius 1 is 1.43 bits per heavy atom. The fourth-order valence-electron chi connectivity index (χ4n) is 4.49. The molecule has 158 valence electrons. The summed E-state index contributed by atoms with van der Waals surface area (Å²) in [5.41, 5.74) is 2.85. The molecule has 8 nitrogen and oxygen atoms in total. The summed E-state index contributed by atoms with van der Waals surface area (Å²) in [6.07, 6.45) is 15.0. The third-order valence-corrected chi connectivity index (χ3v) is 6.01. The Bertz CT molecular complexity index is 1070. The van der Waals surface area contributed by atoms with Crippen LogP contribution in [0.4, 0.5) is 0 Å². The smallest absolute Gasteiger partial charge is 0.144 e. The molecule has 4 rings (SSSR count). The Balaban J connectivity index is 1.67. The van der Waals surface area contributed by atoms with Crippen molar-refractivity contribution >= 4 is 27.9 Å². The fraction of sp³-hybridized carbons (Fsp3) is 0.500. The molecule has 3 heterocycles. The molecule has 1 saturated carbocycles. The molecule has 3 N–H and O–H groups in total. The average Bonchev–Trinajstić information content (AvgIpc) is 3.38. The van der Waals surface area contributed by atoms with Crippen molar-refractivity contribution in [2.75, 3.05) is 13.7 Å². The second-order valence-electron chi connectivity index (χ2n) is 7.86. The summed E-state index contributed by atoms with van der Waals surface area (Å²) in [5, 5.41) is 16.9. The highest BCUT2D eigenvalue weighted by Gasteiger charge is 2.26. The molecule has 0 amide bonds. The molecule has 0 unspecified atom stereocenters. The Hall–Kier alpha value is -3.05. The molecule has 30 heavy (non-hydrogen) atoms. The summed E-state index contributed by atoms with van der Waals surface area (Å²) in [6, 6.07) is 2.42. The molecular weight excluding hydrogens is 380 g/mol. The van der Waals surface area contributed by atoms with Crippen LogP contribution in [0.3, 0.4) is 0 Å². The van der Waals surface area contributed by atoms with E-state index in [0.29, 0.717) is 37.4 Å². The zero-order chi connectivity index (χ0) is 20.9. The number of terminal acetylenes is 1. The van der Waals surface area contributed by atoms with Crippen molar-refractivity contribution in [3.63, 3.8) is 0 Å². The van der Waals surface area contributed by atoms with Crippen LogP contribution in [0, 0.1) is 18.3 Å². The van der Waals surface area contributed by atoms with E-state index in [2.05, 4.69) is 37.0 Å². The first-order valence-electron chi connectivity index (χ1n) is 10.4. The molecule has 0 aliphatic heterocycles. The number of nitrogens with one attached hydrogen (secondary N) is 2. The minimum atomic E-state index is 0.356. The number of hydrogen-bond acceptors (Lipinski definition) is 5. The van der Waals surface area contributed by atoms with E-state index in [-0.39, 0.29) is 0 Å². The van der Waals surface area contributed by atoms with E-state index in [1.165, 1.54) is 0 Å². The van der Waals surface area contributed by atoms with Gasteiger partial charge in [0.05, 0.1) is 24.9 Å². The predicted molar refractivity (Wildman–Crippen MR) is 116 cm³/mol. The summed E-state index contributed by atoms with van der Waals surface area (Å²) in [7, 11) is 1.63. The van der Waals surface area contributed by atoms with E-state index < -0.39 is 0 Å². The summed E-state index contributed by atoms with van der Waals surface area (Å²) in [4.78, 5) is 12.6. The summed E-state index contributed by atoms with van der Waals surface area (Å²) in [6.45, 7) is 0.948. The second kappa shape index (κ2) is 9.18. The van der Waals surface area contributed by atoms with Gasteiger partial charge in [-0.3, -0.25) is 0 Å². The Labute approximate surface area is 175 Å². The monoisotopic (exact) mass is 408 g/mol. The van der Waals surface area contributed by atoms with Crippen LogP contribution in [0.5, 0.6) is 0 Å². The minimum absolute atomic E-state index is 0.356. The van der Waals surface area contributed by atoms with Crippen molar-refractivity contribution in [3.05, 3.63) is 24.3 Å². The van der Waals surface area contributed by atoms with Gasteiger partial charge in [0.2, 0.25) is 0 Å². The largest absolute Gasteiger partial charge is 0.409 e. The van der Waals surface area contributed by atoms with Crippen LogP contribution in [0.1, 0.15) is 50.4 Å². The first-order chi connectivity index (χ1) is 14.7. The molecule has 0 atom stereocenters. The number of H-pyrrole nitrogens is 1. The van der Waals surface area contributed by atoms with E-state index in [9.17, 15) is 5.21 Å². The van der Waals surface area contributed by atoms with Gasteiger partial charge in [0.15, 0.2) is 0 Å². The first kappa shape index (κ1) is 20.2. The molecule has 0 bridgehead atoms. The number of fused-ring (bicyclic) bond motifs is 3. The van der Waals surface area contributed by atoms with E-state index in [0.717, 1.165) is 60.0 Å². The highest BCUT2D eigenvalue weighted by Crippen LogP contribution is 2.37. The van der Waals surface area contributed by atoms with Crippen molar-refractivity contribution in [3.8, 4) is 12.3 Å². The first-order valence-corrected chi connectivity index (χ1v) is 10.4. The van der Waals surface area contributed by atoms with E-state index >= 15 is 0 Å². The lowest BCUT2D eigenvalue weighted by Crippen LogP contribution is -2.27.